The van der Waals surface area contributed by atoms with E-state index in [1.807, 2.05) is 18.7 Å². The fraction of sp³-hybridized carbons (Fsp3) is 0.471. The van der Waals surface area contributed by atoms with Gasteiger partial charge in [0, 0.05) is 25.1 Å². The van der Waals surface area contributed by atoms with Gasteiger partial charge in [-0.2, -0.15) is 0 Å². The first kappa shape index (κ1) is 18.2. The van der Waals surface area contributed by atoms with Crippen LogP contribution in [0.5, 0.6) is 0 Å². The van der Waals surface area contributed by atoms with E-state index in [0.29, 0.717) is 41.5 Å². The Hall–Kier alpha value is -2.15. The topological polar surface area (TPSA) is 85.0 Å². The van der Waals surface area contributed by atoms with Crippen LogP contribution >= 0.6 is 11.3 Å². The van der Waals surface area contributed by atoms with Crippen molar-refractivity contribution in [1.82, 2.24) is 4.90 Å². The summed E-state index contributed by atoms with van der Waals surface area (Å²) in [5.41, 5.74) is 7.19. The van der Waals surface area contributed by atoms with Gasteiger partial charge >= 0.3 is 5.97 Å². The van der Waals surface area contributed by atoms with Gasteiger partial charge in [0.15, 0.2) is 0 Å². The zero-order valence-corrected chi connectivity index (χ0v) is 15.1. The number of carbonyl (C=O) groups excluding carboxylic acids is 2. The van der Waals surface area contributed by atoms with E-state index in [1.54, 1.807) is 12.1 Å². The number of amidine groups is 1. The zero-order valence-electron chi connectivity index (χ0n) is 14.3. The minimum atomic E-state index is -0.415. The van der Waals surface area contributed by atoms with E-state index < -0.39 is 5.97 Å². The molecule has 1 aromatic heterocycles. The number of fused-ring (bicyclic) bond motifs is 1. The highest BCUT2D eigenvalue weighted by Gasteiger charge is 2.23. The van der Waals surface area contributed by atoms with Crippen molar-refractivity contribution in [2.45, 2.75) is 33.1 Å². The van der Waals surface area contributed by atoms with Crippen molar-refractivity contribution in [3.8, 4) is 0 Å². The molecule has 0 radical (unpaired) electrons. The number of thiophene rings is 1. The molecule has 0 unspecified atom stereocenters. The number of aliphatic imine (C=N–C) groups is 1. The molecule has 1 aromatic rings. The molecular formula is C17H23N3O3S. The summed E-state index contributed by atoms with van der Waals surface area (Å²) >= 11 is 1.26. The molecule has 2 N–H and O–H groups in total. The smallest absolute Gasteiger partial charge is 0.348 e. The van der Waals surface area contributed by atoms with Gasteiger partial charge in [0.25, 0.3) is 0 Å². The summed E-state index contributed by atoms with van der Waals surface area (Å²) in [4.78, 5) is 31.9. The minimum Gasteiger partial charge on any atom is -0.465 e. The van der Waals surface area contributed by atoms with Crippen LogP contribution in [-0.2, 0) is 9.53 Å². The molecular weight excluding hydrogens is 326 g/mol. The maximum Gasteiger partial charge on any atom is 0.348 e. The summed E-state index contributed by atoms with van der Waals surface area (Å²) in [5.74, 6) is -0.0602. The molecule has 0 aromatic carbocycles. The van der Waals surface area contributed by atoms with Crippen molar-refractivity contribution in [2.75, 3.05) is 20.2 Å². The number of nitrogens with two attached hydrogens (primary N) is 1. The summed E-state index contributed by atoms with van der Waals surface area (Å²) in [6.45, 7) is 5.53. The summed E-state index contributed by atoms with van der Waals surface area (Å²) in [6, 6.07) is 1.65. The summed E-state index contributed by atoms with van der Waals surface area (Å²) in [6.07, 6.45) is 3.92. The minimum absolute atomic E-state index is 0.0160. The number of rotatable bonds is 6. The Morgan fingerprint density at radius 1 is 1.33 bits per heavy atom. The molecule has 1 aliphatic rings. The molecule has 0 saturated carbocycles. The third-order valence-corrected chi connectivity index (χ3v) is 4.67. The Morgan fingerprint density at radius 2 is 2.00 bits per heavy atom. The highest BCUT2D eigenvalue weighted by Crippen LogP contribution is 2.35. The summed E-state index contributed by atoms with van der Waals surface area (Å²) in [5, 5.41) is 0. The average molecular weight is 349 g/mol. The van der Waals surface area contributed by atoms with Crippen LogP contribution in [0.2, 0.25) is 0 Å². The van der Waals surface area contributed by atoms with Crippen LogP contribution in [0.3, 0.4) is 0 Å². The van der Waals surface area contributed by atoms with Crippen LogP contribution in [0.15, 0.2) is 16.6 Å². The van der Waals surface area contributed by atoms with Gasteiger partial charge in [0.05, 0.1) is 17.7 Å². The molecule has 130 valence electrons. The number of methoxy groups -OCH3 is 1. The molecule has 2 heterocycles. The second kappa shape index (κ2) is 8.10. The molecule has 24 heavy (non-hydrogen) atoms. The Morgan fingerprint density at radius 3 is 2.58 bits per heavy atom. The van der Waals surface area contributed by atoms with Crippen LogP contribution in [0.25, 0.3) is 6.08 Å². The Balaban J connectivity index is 2.37. The number of ether oxygens (including phenoxy) is 1. The van der Waals surface area contributed by atoms with E-state index in [1.165, 1.54) is 18.4 Å². The Kier molecular flexibility index (Phi) is 6.14. The van der Waals surface area contributed by atoms with E-state index in [4.69, 9.17) is 10.5 Å². The first-order chi connectivity index (χ1) is 11.5. The van der Waals surface area contributed by atoms with E-state index >= 15 is 0 Å². The van der Waals surface area contributed by atoms with E-state index in [0.717, 1.165) is 17.7 Å². The lowest BCUT2D eigenvalue weighted by atomic mass is 10.1. The highest BCUT2D eigenvalue weighted by atomic mass is 32.1. The van der Waals surface area contributed by atoms with Gasteiger partial charge in [0.1, 0.15) is 10.7 Å². The molecule has 7 heteroatoms. The molecule has 0 aliphatic carbocycles. The highest BCUT2D eigenvalue weighted by molar-refractivity contribution is 7.15. The molecule has 0 bridgehead atoms. The lowest BCUT2D eigenvalue weighted by molar-refractivity contribution is -0.127. The number of esters is 1. The molecule has 6 nitrogen and oxygen atoms in total. The number of hydrogen-bond acceptors (Lipinski definition) is 6. The molecule has 2 rings (SSSR count). The molecule has 0 fully saturated rings. The number of nitrogens with zero attached hydrogens (tertiary/aromatic N) is 2. The Labute approximate surface area is 146 Å². The van der Waals surface area contributed by atoms with Gasteiger partial charge in [-0.15, -0.1) is 11.3 Å². The lowest BCUT2D eigenvalue weighted by Crippen LogP contribution is -2.34. The van der Waals surface area contributed by atoms with E-state index in [-0.39, 0.29) is 5.91 Å². The van der Waals surface area contributed by atoms with Crippen molar-refractivity contribution < 1.29 is 14.3 Å². The van der Waals surface area contributed by atoms with Gasteiger partial charge in [-0.3, -0.25) is 4.79 Å². The lowest BCUT2D eigenvalue weighted by Gasteiger charge is -2.22. The Bertz CT molecular complexity index is 685. The van der Waals surface area contributed by atoms with Gasteiger partial charge in [-0.05, 0) is 25.0 Å². The van der Waals surface area contributed by atoms with Crippen LogP contribution < -0.4 is 5.73 Å². The van der Waals surface area contributed by atoms with Crippen molar-refractivity contribution in [2.24, 2.45) is 10.7 Å². The van der Waals surface area contributed by atoms with Crippen LogP contribution in [0, 0.1) is 0 Å². The first-order valence-electron chi connectivity index (χ1n) is 8.05. The van der Waals surface area contributed by atoms with Crippen molar-refractivity contribution >= 4 is 40.8 Å². The predicted octanol–water partition coefficient (Wildman–Crippen LogP) is 2.96. The maximum absolute atomic E-state index is 12.8. The SMILES string of the molecule is CCCN(CCC)C(=O)C1=Cc2sc(C(=O)OC)cc2N=C(N)C1. The molecule has 0 spiro atoms. The second-order valence-electron chi connectivity index (χ2n) is 5.59. The van der Waals surface area contributed by atoms with Gasteiger partial charge in [-0.1, -0.05) is 13.8 Å². The number of amides is 1. The average Bonchev–Trinajstić information content (AvgIpc) is 2.87. The standard InChI is InChI=1S/C17H23N3O3S/c1-4-6-20(7-5-2)16(21)11-8-13-12(19-15(18)9-11)10-14(24-13)17(22)23-3/h8,10H,4-7,9H2,1-3H3,(H2,18,19). The fourth-order valence-electron chi connectivity index (χ4n) is 2.58. The van der Waals surface area contributed by atoms with Gasteiger partial charge in [0.2, 0.25) is 5.91 Å². The second-order valence-corrected chi connectivity index (χ2v) is 6.68. The fourth-order valence-corrected chi connectivity index (χ4v) is 3.57. The van der Waals surface area contributed by atoms with Gasteiger partial charge in [-0.25, -0.2) is 9.79 Å². The summed E-state index contributed by atoms with van der Waals surface area (Å²) in [7, 11) is 1.34. The monoisotopic (exact) mass is 349 g/mol. The van der Waals surface area contributed by atoms with Crippen LogP contribution in [0.1, 0.15) is 47.7 Å². The van der Waals surface area contributed by atoms with Crippen molar-refractivity contribution in [3.05, 3.63) is 21.4 Å². The van der Waals surface area contributed by atoms with Crippen LogP contribution in [-0.4, -0.2) is 42.8 Å². The molecule has 1 amide bonds. The van der Waals surface area contributed by atoms with E-state index in [9.17, 15) is 9.59 Å². The summed E-state index contributed by atoms with van der Waals surface area (Å²) < 4.78 is 4.74. The number of carbonyl (C=O) groups is 2. The predicted molar refractivity (Wildman–Crippen MR) is 96.7 cm³/mol. The van der Waals surface area contributed by atoms with E-state index in [2.05, 4.69) is 4.99 Å². The van der Waals surface area contributed by atoms with Gasteiger partial charge < -0.3 is 15.4 Å². The number of hydrogen-bond donors (Lipinski definition) is 1. The molecule has 0 saturated heterocycles. The third kappa shape index (κ3) is 4.03. The first-order valence-corrected chi connectivity index (χ1v) is 8.86. The molecule has 0 atom stereocenters. The molecule has 1 aliphatic heterocycles. The zero-order chi connectivity index (χ0) is 17.7. The largest absolute Gasteiger partial charge is 0.465 e. The maximum atomic E-state index is 12.8. The normalized spacial score (nSPS) is 13.5. The van der Waals surface area contributed by atoms with Crippen molar-refractivity contribution in [3.63, 3.8) is 0 Å². The van der Waals surface area contributed by atoms with Crippen LogP contribution in [0.4, 0.5) is 5.69 Å². The quantitative estimate of drug-likeness (QED) is 0.800. The van der Waals surface area contributed by atoms with Crippen molar-refractivity contribution in [1.29, 1.82) is 0 Å². The third-order valence-electron chi connectivity index (χ3n) is 3.62.